The molecule has 9 nitrogen and oxygen atoms in total. The van der Waals surface area contributed by atoms with Gasteiger partial charge in [-0.05, 0) is 6.42 Å². The van der Waals surface area contributed by atoms with Gasteiger partial charge in [-0.15, -0.1) is 0 Å². The van der Waals surface area contributed by atoms with Crippen LogP contribution in [0.2, 0.25) is 0 Å². The van der Waals surface area contributed by atoms with Crippen LogP contribution in [0.3, 0.4) is 0 Å². The maximum absolute atomic E-state index is 10.9. The van der Waals surface area contributed by atoms with Crippen molar-refractivity contribution in [3.05, 3.63) is 37.3 Å². The molecule has 1 aliphatic carbocycles. The Balaban J connectivity index is 3.00. The van der Waals surface area contributed by atoms with Crippen LogP contribution in [0.4, 0.5) is 0 Å². The Morgan fingerprint density at radius 2 is 1.39 bits per heavy atom. The average molecular weight is 260 g/mol. The maximum atomic E-state index is 10.9. The van der Waals surface area contributed by atoms with E-state index in [1.165, 1.54) is 0 Å². The van der Waals surface area contributed by atoms with E-state index in [1.54, 1.807) is 0 Å². The second-order valence-electron chi connectivity index (χ2n) is 4.42. The minimum Gasteiger partial charge on any atom is -0.264 e. The third kappa shape index (κ3) is 2.90. The van der Waals surface area contributed by atoms with E-state index in [1.807, 2.05) is 0 Å². The fourth-order valence-corrected chi connectivity index (χ4v) is 2.54. The van der Waals surface area contributed by atoms with Crippen LogP contribution in [-0.2, 0) is 0 Å². The van der Waals surface area contributed by atoms with Crippen molar-refractivity contribution in [3.63, 3.8) is 0 Å². The van der Waals surface area contributed by atoms with Gasteiger partial charge >= 0.3 is 0 Å². The first kappa shape index (κ1) is 14.3. The normalized spacial score (nSPS) is 31.8. The molecule has 0 aromatic rings. The summed E-state index contributed by atoms with van der Waals surface area (Å²) >= 11 is 0. The molecule has 0 bridgehead atoms. The molecule has 101 valence electrons. The SMILES string of the molecule is [CH2]CCC1C([N+](=O)[O-])CC([N+](=O)[O-])CC1[N+](=O)[O-]. The fraction of sp³-hybridized carbons (Fsp3) is 0.889. The highest BCUT2D eigenvalue weighted by Gasteiger charge is 2.53. The highest BCUT2D eigenvalue weighted by atomic mass is 16.6. The zero-order valence-electron chi connectivity index (χ0n) is 9.64. The van der Waals surface area contributed by atoms with Crippen LogP contribution >= 0.6 is 0 Å². The van der Waals surface area contributed by atoms with Crippen LogP contribution in [0, 0.1) is 43.2 Å². The number of nitro groups is 3. The predicted octanol–water partition coefficient (Wildman–Crippen LogP) is 0.947. The van der Waals surface area contributed by atoms with Crippen LogP contribution in [-0.4, -0.2) is 32.9 Å². The van der Waals surface area contributed by atoms with E-state index >= 15 is 0 Å². The van der Waals surface area contributed by atoms with Crippen molar-refractivity contribution in [2.75, 3.05) is 0 Å². The van der Waals surface area contributed by atoms with Crippen LogP contribution in [0.25, 0.3) is 0 Å². The second kappa shape index (κ2) is 5.69. The quantitative estimate of drug-likeness (QED) is 0.534. The summed E-state index contributed by atoms with van der Waals surface area (Å²) in [4.78, 5) is 30.6. The first-order valence-electron chi connectivity index (χ1n) is 5.58. The Kier molecular flexibility index (Phi) is 4.51. The van der Waals surface area contributed by atoms with E-state index in [0.29, 0.717) is 6.42 Å². The highest BCUT2D eigenvalue weighted by Crippen LogP contribution is 2.33. The van der Waals surface area contributed by atoms with Gasteiger partial charge in [-0.1, -0.05) is 13.3 Å². The van der Waals surface area contributed by atoms with Gasteiger partial charge in [-0.2, -0.15) is 0 Å². The molecule has 0 aliphatic heterocycles. The van der Waals surface area contributed by atoms with Crippen molar-refractivity contribution in [2.45, 2.75) is 43.8 Å². The van der Waals surface area contributed by atoms with Gasteiger partial charge < -0.3 is 0 Å². The van der Waals surface area contributed by atoms with Crippen LogP contribution in [0.5, 0.6) is 0 Å². The zero-order valence-corrected chi connectivity index (χ0v) is 9.64. The first-order chi connectivity index (χ1) is 8.38. The van der Waals surface area contributed by atoms with Crippen LogP contribution < -0.4 is 0 Å². The van der Waals surface area contributed by atoms with E-state index < -0.39 is 38.8 Å². The summed E-state index contributed by atoms with van der Waals surface area (Å²) in [5, 5.41) is 32.5. The number of rotatable bonds is 5. The molecule has 1 rings (SSSR count). The largest absolute Gasteiger partial charge is 0.264 e. The Morgan fingerprint density at radius 3 is 1.67 bits per heavy atom. The Morgan fingerprint density at radius 1 is 0.944 bits per heavy atom. The first-order valence-corrected chi connectivity index (χ1v) is 5.58. The standard InChI is InChI=1S/C9H14N3O6/c1-2-3-7-8(11(15)16)4-6(10(13)14)5-9(7)12(17)18/h6-9H,1-5H2. The van der Waals surface area contributed by atoms with Gasteiger partial charge in [-0.25, -0.2) is 0 Å². The van der Waals surface area contributed by atoms with E-state index in [2.05, 4.69) is 6.92 Å². The summed E-state index contributed by atoms with van der Waals surface area (Å²) in [7, 11) is 0. The molecule has 0 N–H and O–H groups in total. The molecule has 1 aliphatic rings. The molecular weight excluding hydrogens is 246 g/mol. The lowest BCUT2D eigenvalue weighted by Crippen LogP contribution is -2.50. The molecular formula is C9H14N3O6. The predicted molar refractivity (Wildman–Crippen MR) is 59.7 cm³/mol. The lowest BCUT2D eigenvalue weighted by atomic mass is 9.76. The van der Waals surface area contributed by atoms with E-state index in [0.717, 1.165) is 0 Å². The molecule has 1 fully saturated rings. The maximum Gasteiger partial charge on any atom is 0.229 e. The molecule has 18 heavy (non-hydrogen) atoms. The van der Waals surface area contributed by atoms with Gasteiger partial charge in [0.2, 0.25) is 18.1 Å². The monoisotopic (exact) mass is 260 g/mol. The van der Waals surface area contributed by atoms with Gasteiger partial charge in [0.15, 0.2) is 0 Å². The van der Waals surface area contributed by atoms with Gasteiger partial charge in [-0.3, -0.25) is 30.3 Å². The van der Waals surface area contributed by atoms with Crippen molar-refractivity contribution >= 4 is 0 Å². The second-order valence-corrected chi connectivity index (χ2v) is 4.42. The third-order valence-corrected chi connectivity index (χ3v) is 3.39. The smallest absolute Gasteiger partial charge is 0.229 e. The highest BCUT2D eigenvalue weighted by molar-refractivity contribution is 4.87. The van der Waals surface area contributed by atoms with Crippen LogP contribution in [0.1, 0.15) is 25.7 Å². The van der Waals surface area contributed by atoms with Crippen LogP contribution in [0.15, 0.2) is 0 Å². The lowest BCUT2D eigenvalue weighted by Gasteiger charge is -2.29. The van der Waals surface area contributed by atoms with Gasteiger partial charge in [0.25, 0.3) is 0 Å². The van der Waals surface area contributed by atoms with Gasteiger partial charge in [0, 0.05) is 14.8 Å². The molecule has 9 heteroatoms. The molecule has 0 saturated heterocycles. The Hall–Kier alpha value is -1.80. The van der Waals surface area contributed by atoms with Gasteiger partial charge in [0.05, 0.1) is 18.8 Å². The summed E-state index contributed by atoms with van der Waals surface area (Å²) in [6, 6.07) is -3.67. The third-order valence-electron chi connectivity index (χ3n) is 3.39. The van der Waals surface area contributed by atoms with Crippen molar-refractivity contribution in [1.82, 2.24) is 0 Å². The summed E-state index contributed by atoms with van der Waals surface area (Å²) < 4.78 is 0. The van der Waals surface area contributed by atoms with E-state index in [9.17, 15) is 30.3 Å². The van der Waals surface area contributed by atoms with Crippen molar-refractivity contribution in [1.29, 1.82) is 0 Å². The van der Waals surface area contributed by atoms with Crippen molar-refractivity contribution in [2.24, 2.45) is 5.92 Å². The Bertz CT molecular complexity index is 336. The molecule has 0 amide bonds. The average Bonchev–Trinajstić information content (AvgIpc) is 2.28. The molecule has 0 heterocycles. The topological polar surface area (TPSA) is 129 Å². The van der Waals surface area contributed by atoms with Gasteiger partial charge in [0.1, 0.15) is 0 Å². The lowest BCUT2D eigenvalue weighted by molar-refractivity contribution is -0.616. The minimum absolute atomic E-state index is 0.238. The summed E-state index contributed by atoms with van der Waals surface area (Å²) in [5.41, 5.74) is 0. The summed E-state index contributed by atoms with van der Waals surface area (Å²) in [6.07, 6.45) is 0.0915. The molecule has 0 spiro atoms. The Labute approximate surface area is 103 Å². The zero-order chi connectivity index (χ0) is 13.9. The summed E-state index contributed by atoms with van der Waals surface area (Å²) in [5.74, 6) is -0.774. The number of hydrogen-bond acceptors (Lipinski definition) is 6. The molecule has 0 aromatic carbocycles. The van der Waals surface area contributed by atoms with E-state index in [4.69, 9.17) is 0 Å². The fourth-order valence-electron chi connectivity index (χ4n) is 2.54. The number of hydrogen-bond donors (Lipinski definition) is 0. The van der Waals surface area contributed by atoms with Crippen molar-refractivity contribution < 1.29 is 14.8 Å². The molecule has 0 aromatic heterocycles. The molecule has 1 radical (unpaired) electrons. The number of nitrogens with zero attached hydrogens (tertiary/aromatic N) is 3. The molecule has 2 unspecified atom stereocenters. The molecule has 2 atom stereocenters. The van der Waals surface area contributed by atoms with Crippen molar-refractivity contribution in [3.8, 4) is 0 Å². The van der Waals surface area contributed by atoms with E-state index in [-0.39, 0.29) is 19.3 Å². The summed E-state index contributed by atoms with van der Waals surface area (Å²) in [6.45, 7) is 3.54. The molecule has 1 saturated carbocycles. The minimum atomic E-state index is -1.23.